The maximum absolute atomic E-state index is 12.7. The Morgan fingerprint density at radius 3 is 2.59 bits per heavy atom. The molecule has 2 rings (SSSR count). The highest BCUT2D eigenvalue weighted by Crippen LogP contribution is 2.24. The van der Waals surface area contributed by atoms with Gasteiger partial charge in [0.1, 0.15) is 31.0 Å². The molecule has 5 N–H and O–H groups in total. The lowest BCUT2D eigenvalue weighted by Gasteiger charge is -2.43. The number of ether oxygens (including phenoxy) is 3. The Labute approximate surface area is 195 Å². The molecule has 0 saturated carbocycles. The summed E-state index contributed by atoms with van der Waals surface area (Å²) in [5, 5.41) is 15.5. The first-order chi connectivity index (χ1) is 16.0. The molecule has 0 aliphatic carbocycles. The molecule has 1 aliphatic heterocycles. The zero-order valence-electron chi connectivity index (χ0n) is 17.3. The van der Waals surface area contributed by atoms with Gasteiger partial charge in [-0.25, -0.2) is 18.9 Å². The van der Waals surface area contributed by atoms with Gasteiger partial charge in [-0.1, -0.05) is 5.16 Å². The van der Waals surface area contributed by atoms with E-state index < -0.39 is 65.3 Å². The number of thiazole rings is 1. The standard InChI is InChI=1S/C15H19N5O12S2/c1-29-2-3-30-15(25)31-4-8-11(13(24)20(8)34(26,27)28)18-12(23)10(19-32-5-9(21)22)7-6-33-14(16)17-7/h6,8,11H,2-5H2,1H3,(H2,16,17)(H,18,23)(H,21,22)(H,26,27,28)/b19-10-/t8-,11+/m1/s1. The monoisotopic (exact) mass is 525 g/mol. The quantitative estimate of drug-likeness (QED) is 0.0566. The Bertz CT molecular complexity index is 1070. The van der Waals surface area contributed by atoms with Crippen molar-refractivity contribution in [3.05, 3.63) is 11.1 Å². The molecule has 0 spiro atoms. The summed E-state index contributed by atoms with van der Waals surface area (Å²) in [7, 11) is -3.70. The largest absolute Gasteiger partial charge is 0.508 e. The topological polar surface area (TPSA) is 246 Å². The van der Waals surface area contributed by atoms with Gasteiger partial charge in [-0.2, -0.15) is 8.42 Å². The number of amides is 2. The van der Waals surface area contributed by atoms with E-state index in [-0.39, 0.29) is 28.3 Å². The molecule has 1 aromatic heterocycles. The lowest BCUT2D eigenvalue weighted by Crippen LogP contribution is -2.73. The number of aromatic nitrogens is 1. The van der Waals surface area contributed by atoms with Crippen LogP contribution in [0, 0.1) is 0 Å². The highest BCUT2D eigenvalue weighted by atomic mass is 32.2. The van der Waals surface area contributed by atoms with Crippen molar-refractivity contribution < 1.29 is 56.3 Å². The van der Waals surface area contributed by atoms with Crippen molar-refractivity contribution in [2.75, 3.05) is 39.3 Å². The average molecular weight is 525 g/mol. The first-order valence-electron chi connectivity index (χ1n) is 8.98. The third kappa shape index (κ3) is 6.97. The van der Waals surface area contributed by atoms with Crippen molar-refractivity contribution in [2.45, 2.75) is 12.1 Å². The van der Waals surface area contributed by atoms with Crippen molar-refractivity contribution in [3.8, 4) is 0 Å². The Morgan fingerprint density at radius 2 is 2.03 bits per heavy atom. The number of carboxylic acids is 1. The number of nitrogens with two attached hydrogens (primary N) is 1. The molecule has 0 bridgehead atoms. The fourth-order valence-electron chi connectivity index (χ4n) is 2.49. The summed E-state index contributed by atoms with van der Waals surface area (Å²) in [5.41, 5.74) is 4.81. The van der Waals surface area contributed by atoms with Crippen LogP contribution in [0.3, 0.4) is 0 Å². The van der Waals surface area contributed by atoms with E-state index in [2.05, 4.69) is 29.8 Å². The van der Waals surface area contributed by atoms with Crippen molar-refractivity contribution in [3.63, 3.8) is 0 Å². The second-order valence-electron chi connectivity index (χ2n) is 6.21. The fourth-order valence-corrected chi connectivity index (χ4v) is 3.90. The zero-order chi connectivity index (χ0) is 25.5. The van der Waals surface area contributed by atoms with Crippen LogP contribution in [0.5, 0.6) is 0 Å². The van der Waals surface area contributed by atoms with Crippen LogP contribution in [-0.2, 0) is 43.7 Å². The molecule has 0 radical (unpaired) electrons. The summed E-state index contributed by atoms with van der Waals surface area (Å²) < 4.78 is 46.4. The lowest BCUT2D eigenvalue weighted by molar-refractivity contribution is -0.147. The van der Waals surface area contributed by atoms with Crippen molar-refractivity contribution >= 4 is 56.4 Å². The Kier molecular flexibility index (Phi) is 9.06. The number of hydrogen-bond donors (Lipinski definition) is 4. The van der Waals surface area contributed by atoms with Crippen LogP contribution >= 0.6 is 11.3 Å². The molecular formula is C15H19N5O12S2. The van der Waals surface area contributed by atoms with Crippen molar-refractivity contribution in [2.24, 2.45) is 5.16 Å². The minimum absolute atomic E-state index is 0.00104. The van der Waals surface area contributed by atoms with E-state index in [9.17, 15) is 32.1 Å². The van der Waals surface area contributed by atoms with Crippen LogP contribution in [0.1, 0.15) is 5.69 Å². The number of methoxy groups -OCH3 is 1. The van der Waals surface area contributed by atoms with E-state index in [1.807, 2.05) is 0 Å². The zero-order valence-corrected chi connectivity index (χ0v) is 18.9. The van der Waals surface area contributed by atoms with E-state index in [1.54, 1.807) is 0 Å². The number of nitrogens with zero attached hydrogens (tertiary/aromatic N) is 3. The molecule has 1 saturated heterocycles. The van der Waals surface area contributed by atoms with Gasteiger partial charge in [0.05, 0.1) is 6.61 Å². The number of hydrogen-bond acceptors (Lipinski definition) is 14. The first kappa shape index (κ1) is 26.7. The number of β-lactam (4-membered cyclic amide) rings is 1. The molecule has 0 unspecified atom stereocenters. The van der Waals surface area contributed by atoms with Gasteiger partial charge < -0.3 is 35.2 Å². The summed E-state index contributed by atoms with van der Waals surface area (Å²) >= 11 is 0.919. The van der Waals surface area contributed by atoms with Crippen LogP contribution in [0.4, 0.5) is 9.93 Å². The number of aliphatic carboxylic acids is 1. The molecule has 19 heteroatoms. The number of anilines is 1. The number of nitrogens with one attached hydrogen (secondary N) is 1. The van der Waals surface area contributed by atoms with Crippen LogP contribution in [0.15, 0.2) is 10.5 Å². The number of carbonyl (C=O) groups is 4. The summed E-state index contributed by atoms with van der Waals surface area (Å²) in [6, 6.07) is -3.13. The maximum Gasteiger partial charge on any atom is 0.508 e. The van der Waals surface area contributed by atoms with Crippen LogP contribution in [0.25, 0.3) is 0 Å². The first-order valence-corrected chi connectivity index (χ1v) is 11.3. The van der Waals surface area contributed by atoms with Crippen LogP contribution in [-0.4, -0.2) is 103 Å². The minimum atomic E-state index is -5.06. The Hall–Kier alpha value is -3.55. The van der Waals surface area contributed by atoms with Crippen LogP contribution < -0.4 is 11.1 Å². The molecule has 0 aromatic carbocycles. The van der Waals surface area contributed by atoms with Gasteiger partial charge in [-0.05, 0) is 0 Å². The van der Waals surface area contributed by atoms with Gasteiger partial charge in [-0.15, -0.1) is 11.3 Å². The van der Waals surface area contributed by atoms with E-state index in [1.165, 1.54) is 12.5 Å². The molecule has 2 heterocycles. The van der Waals surface area contributed by atoms with Gasteiger partial charge in [0.25, 0.3) is 11.8 Å². The summed E-state index contributed by atoms with van der Waals surface area (Å²) in [4.78, 5) is 55.6. The number of oxime groups is 1. The van der Waals surface area contributed by atoms with Crippen molar-refractivity contribution in [1.82, 2.24) is 14.6 Å². The Morgan fingerprint density at radius 1 is 1.32 bits per heavy atom. The highest BCUT2D eigenvalue weighted by Gasteiger charge is 2.55. The summed E-state index contributed by atoms with van der Waals surface area (Å²) in [6.07, 6.45) is -1.22. The smallest absolute Gasteiger partial charge is 0.479 e. The van der Waals surface area contributed by atoms with Gasteiger partial charge in [0.2, 0.25) is 6.61 Å². The van der Waals surface area contributed by atoms with Gasteiger partial charge >= 0.3 is 22.4 Å². The molecule has 2 atom stereocenters. The predicted molar refractivity (Wildman–Crippen MR) is 110 cm³/mol. The second-order valence-corrected chi connectivity index (χ2v) is 8.39. The lowest BCUT2D eigenvalue weighted by atomic mass is 9.99. The average Bonchev–Trinajstić information content (AvgIpc) is 3.16. The predicted octanol–water partition coefficient (Wildman–Crippen LogP) is -2.17. The summed E-state index contributed by atoms with van der Waals surface area (Å²) in [5.74, 6) is -3.77. The normalized spacial score (nSPS) is 18.1. The highest BCUT2D eigenvalue weighted by molar-refractivity contribution is 7.84. The molecule has 188 valence electrons. The summed E-state index contributed by atoms with van der Waals surface area (Å²) in [6.45, 7) is -1.81. The SMILES string of the molecule is COCCOC(=O)OC[C@@H]1[C@H](NC(=O)/C(=N\OCC(=O)O)c2csc(N)n2)C(=O)N1S(=O)(=O)O. The second kappa shape index (κ2) is 11.5. The molecule has 1 aliphatic rings. The molecule has 34 heavy (non-hydrogen) atoms. The molecule has 1 fully saturated rings. The third-order valence-corrected chi connectivity index (χ3v) is 5.53. The maximum atomic E-state index is 12.7. The fraction of sp³-hybridized carbons (Fsp3) is 0.467. The van der Waals surface area contributed by atoms with E-state index >= 15 is 0 Å². The van der Waals surface area contributed by atoms with Crippen molar-refractivity contribution in [1.29, 1.82) is 0 Å². The molecule has 2 amide bonds. The minimum Gasteiger partial charge on any atom is -0.479 e. The van der Waals surface area contributed by atoms with Crippen LogP contribution in [0.2, 0.25) is 0 Å². The third-order valence-electron chi connectivity index (χ3n) is 3.91. The molecule has 17 nitrogen and oxygen atoms in total. The van der Waals surface area contributed by atoms with Gasteiger partial charge in [0.15, 0.2) is 10.8 Å². The van der Waals surface area contributed by atoms with E-state index in [0.717, 1.165) is 11.3 Å². The number of carboxylic acid groups (broad SMARTS) is 1. The van der Waals surface area contributed by atoms with Gasteiger partial charge in [0, 0.05) is 12.5 Å². The Balaban J connectivity index is 2.17. The molecular weight excluding hydrogens is 506 g/mol. The number of nitrogen functional groups attached to an aromatic ring is 1. The van der Waals surface area contributed by atoms with E-state index in [4.69, 9.17) is 15.6 Å². The molecule has 1 aromatic rings. The van der Waals surface area contributed by atoms with Gasteiger partial charge in [-0.3, -0.25) is 14.1 Å². The number of carbonyl (C=O) groups excluding carboxylic acids is 3. The van der Waals surface area contributed by atoms with E-state index in [0.29, 0.717) is 0 Å². The number of rotatable bonds is 12.